The van der Waals surface area contributed by atoms with Crippen molar-refractivity contribution >= 4 is 0 Å². The molecule has 19 heavy (non-hydrogen) atoms. The molecule has 0 heterocycles. The van der Waals surface area contributed by atoms with Crippen LogP contribution < -0.4 is 5.32 Å². The van der Waals surface area contributed by atoms with Gasteiger partial charge in [0.25, 0.3) is 0 Å². The lowest BCUT2D eigenvalue weighted by Crippen LogP contribution is -2.11. The van der Waals surface area contributed by atoms with Crippen molar-refractivity contribution in [1.82, 2.24) is 5.32 Å². The Kier molecular flexibility index (Phi) is 4.63. The highest BCUT2D eigenvalue weighted by molar-refractivity contribution is 5.28. The smallest absolute Gasteiger partial charge is 0.133 e. The van der Waals surface area contributed by atoms with Crippen molar-refractivity contribution in [2.24, 2.45) is 0 Å². The van der Waals surface area contributed by atoms with Crippen LogP contribution in [-0.4, -0.2) is 7.05 Å². The van der Waals surface area contributed by atoms with Gasteiger partial charge in [0.2, 0.25) is 0 Å². The third kappa shape index (κ3) is 3.38. The zero-order valence-corrected chi connectivity index (χ0v) is 10.9. The average Bonchev–Trinajstić information content (AvgIpc) is 2.44. The second kappa shape index (κ2) is 6.43. The number of halogens is 2. The van der Waals surface area contributed by atoms with Crippen LogP contribution in [0.4, 0.5) is 8.78 Å². The highest BCUT2D eigenvalue weighted by atomic mass is 19.1. The van der Waals surface area contributed by atoms with Crippen molar-refractivity contribution in [2.75, 3.05) is 7.05 Å². The van der Waals surface area contributed by atoms with Gasteiger partial charge < -0.3 is 5.32 Å². The number of benzene rings is 2. The van der Waals surface area contributed by atoms with Gasteiger partial charge in [0, 0.05) is 12.1 Å². The number of aryl methyl sites for hydroxylation is 2. The van der Waals surface area contributed by atoms with Crippen LogP contribution in [0.5, 0.6) is 0 Å². The van der Waals surface area contributed by atoms with Gasteiger partial charge >= 0.3 is 0 Å². The first-order valence-corrected chi connectivity index (χ1v) is 6.36. The Morgan fingerprint density at radius 2 is 1.68 bits per heavy atom. The molecule has 0 spiro atoms. The van der Waals surface area contributed by atoms with E-state index in [4.69, 9.17) is 0 Å². The number of nitrogens with one attached hydrogen (secondary N) is 1. The molecule has 2 rings (SSSR count). The van der Waals surface area contributed by atoms with Crippen molar-refractivity contribution in [2.45, 2.75) is 19.4 Å². The number of hydrogen-bond acceptors (Lipinski definition) is 1. The van der Waals surface area contributed by atoms with E-state index in [2.05, 4.69) is 5.32 Å². The van der Waals surface area contributed by atoms with Crippen LogP contribution in [0.3, 0.4) is 0 Å². The van der Waals surface area contributed by atoms with Crippen molar-refractivity contribution in [3.05, 3.63) is 70.8 Å². The molecule has 0 aromatic heterocycles. The zero-order valence-electron chi connectivity index (χ0n) is 10.9. The zero-order chi connectivity index (χ0) is 13.7. The largest absolute Gasteiger partial charge is 0.315 e. The predicted molar refractivity (Wildman–Crippen MR) is 73.0 cm³/mol. The molecule has 0 radical (unpaired) electrons. The van der Waals surface area contributed by atoms with Gasteiger partial charge in [-0.25, -0.2) is 8.78 Å². The first-order chi connectivity index (χ1) is 9.22. The maximum atomic E-state index is 14.1. The standard InChI is InChI=1S/C16H17F2N/c1-19-11-14-15(17)10-9-13(16(14)18)8-7-12-5-3-2-4-6-12/h2-6,9-10,19H,7-8,11H2,1H3. The maximum Gasteiger partial charge on any atom is 0.133 e. The van der Waals surface area contributed by atoms with Gasteiger partial charge in [-0.3, -0.25) is 0 Å². The predicted octanol–water partition coefficient (Wildman–Crippen LogP) is 3.47. The van der Waals surface area contributed by atoms with Crippen molar-refractivity contribution < 1.29 is 8.78 Å². The fourth-order valence-corrected chi connectivity index (χ4v) is 2.10. The van der Waals surface area contributed by atoms with Gasteiger partial charge in [-0.1, -0.05) is 36.4 Å². The van der Waals surface area contributed by atoms with Crippen LogP contribution in [-0.2, 0) is 19.4 Å². The minimum atomic E-state index is -0.490. The Morgan fingerprint density at radius 3 is 2.37 bits per heavy atom. The van der Waals surface area contributed by atoms with Gasteiger partial charge in [-0.15, -0.1) is 0 Å². The van der Waals surface area contributed by atoms with Gasteiger partial charge in [0.1, 0.15) is 11.6 Å². The summed E-state index contributed by atoms with van der Waals surface area (Å²) in [6.07, 6.45) is 1.33. The SMILES string of the molecule is CNCc1c(F)ccc(CCc2ccccc2)c1F. The van der Waals surface area contributed by atoms with Gasteiger partial charge in [0.05, 0.1) is 0 Å². The summed E-state index contributed by atoms with van der Waals surface area (Å²) in [7, 11) is 1.68. The molecular formula is C16H17F2N. The molecule has 3 heteroatoms. The molecular weight excluding hydrogens is 244 g/mol. The quantitative estimate of drug-likeness (QED) is 0.869. The Bertz CT molecular complexity index is 538. The van der Waals surface area contributed by atoms with Gasteiger partial charge in [-0.2, -0.15) is 0 Å². The Labute approximate surface area is 112 Å². The van der Waals surface area contributed by atoms with E-state index in [0.717, 1.165) is 12.0 Å². The molecule has 0 aliphatic carbocycles. The monoisotopic (exact) mass is 261 g/mol. The normalized spacial score (nSPS) is 10.7. The molecule has 0 aliphatic heterocycles. The summed E-state index contributed by atoms with van der Waals surface area (Å²) in [6, 6.07) is 12.8. The molecule has 100 valence electrons. The summed E-state index contributed by atoms with van der Waals surface area (Å²) in [5.74, 6) is -0.916. The first-order valence-electron chi connectivity index (χ1n) is 6.36. The van der Waals surface area contributed by atoms with Gasteiger partial charge in [0.15, 0.2) is 0 Å². The molecule has 1 N–H and O–H groups in total. The minimum Gasteiger partial charge on any atom is -0.315 e. The summed E-state index contributed by atoms with van der Waals surface area (Å²) >= 11 is 0. The molecule has 0 saturated heterocycles. The topological polar surface area (TPSA) is 12.0 Å². The van der Waals surface area contributed by atoms with E-state index in [-0.39, 0.29) is 12.1 Å². The third-order valence-corrected chi connectivity index (χ3v) is 3.15. The summed E-state index contributed by atoms with van der Waals surface area (Å²) in [5, 5.41) is 2.79. The molecule has 1 nitrogen and oxygen atoms in total. The molecule has 2 aromatic carbocycles. The fraction of sp³-hybridized carbons (Fsp3) is 0.250. The van der Waals surface area contributed by atoms with E-state index in [1.165, 1.54) is 12.1 Å². The van der Waals surface area contributed by atoms with Gasteiger partial charge in [-0.05, 0) is 37.1 Å². The number of rotatable bonds is 5. The Morgan fingerprint density at radius 1 is 0.947 bits per heavy atom. The maximum absolute atomic E-state index is 14.1. The van der Waals surface area contributed by atoms with Crippen LogP contribution in [0.25, 0.3) is 0 Å². The molecule has 0 bridgehead atoms. The minimum absolute atomic E-state index is 0.119. The second-order valence-corrected chi connectivity index (χ2v) is 4.51. The van der Waals surface area contributed by atoms with E-state index < -0.39 is 11.6 Å². The average molecular weight is 261 g/mol. The molecule has 0 aliphatic rings. The first kappa shape index (κ1) is 13.7. The van der Waals surface area contributed by atoms with Crippen LogP contribution in [0, 0.1) is 11.6 Å². The van der Waals surface area contributed by atoms with Crippen molar-refractivity contribution in [3.8, 4) is 0 Å². The highest BCUT2D eigenvalue weighted by Crippen LogP contribution is 2.18. The lowest BCUT2D eigenvalue weighted by molar-refractivity contribution is 0.536. The lowest BCUT2D eigenvalue weighted by atomic mass is 10.0. The van der Waals surface area contributed by atoms with E-state index >= 15 is 0 Å². The van der Waals surface area contributed by atoms with Crippen LogP contribution in [0.2, 0.25) is 0 Å². The Hall–Kier alpha value is -1.74. The summed E-state index contributed by atoms with van der Waals surface area (Å²) < 4.78 is 27.6. The summed E-state index contributed by atoms with van der Waals surface area (Å²) in [6.45, 7) is 0.205. The van der Waals surface area contributed by atoms with E-state index in [9.17, 15) is 8.78 Å². The second-order valence-electron chi connectivity index (χ2n) is 4.51. The fourth-order valence-electron chi connectivity index (χ4n) is 2.10. The van der Waals surface area contributed by atoms with E-state index in [0.29, 0.717) is 12.0 Å². The molecule has 0 atom stereocenters. The van der Waals surface area contributed by atoms with E-state index in [1.807, 2.05) is 30.3 Å². The molecule has 0 saturated carbocycles. The van der Waals surface area contributed by atoms with Crippen LogP contribution in [0.15, 0.2) is 42.5 Å². The molecule has 2 aromatic rings. The number of hydrogen-bond donors (Lipinski definition) is 1. The van der Waals surface area contributed by atoms with Crippen molar-refractivity contribution in [1.29, 1.82) is 0 Å². The summed E-state index contributed by atoms with van der Waals surface area (Å²) in [5.41, 5.74) is 1.84. The highest BCUT2D eigenvalue weighted by Gasteiger charge is 2.12. The van der Waals surface area contributed by atoms with Crippen molar-refractivity contribution in [3.63, 3.8) is 0 Å². The van der Waals surface area contributed by atoms with Crippen LogP contribution >= 0.6 is 0 Å². The van der Waals surface area contributed by atoms with Crippen LogP contribution in [0.1, 0.15) is 16.7 Å². The summed E-state index contributed by atoms with van der Waals surface area (Å²) in [4.78, 5) is 0. The lowest BCUT2D eigenvalue weighted by Gasteiger charge is -2.09. The third-order valence-electron chi connectivity index (χ3n) is 3.15. The molecule has 0 unspecified atom stereocenters. The Balaban J connectivity index is 2.15. The molecule has 0 amide bonds. The molecule has 0 fully saturated rings. The van der Waals surface area contributed by atoms with E-state index in [1.54, 1.807) is 7.05 Å².